The summed E-state index contributed by atoms with van der Waals surface area (Å²) < 4.78 is 12.5. The Bertz CT molecular complexity index is 307. The van der Waals surface area contributed by atoms with Gasteiger partial charge in [0, 0.05) is 0 Å². The Morgan fingerprint density at radius 2 is 2.25 bits per heavy atom. The molecule has 0 aliphatic carbocycles. The Balaban J connectivity index is 2.93. The van der Waals surface area contributed by atoms with Gasteiger partial charge in [-0.1, -0.05) is 6.07 Å². The van der Waals surface area contributed by atoms with Crippen LogP contribution < -0.4 is 0 Å². The van der Waals surface area contributed by atoms with Crippen LogP contribution in [0.5, 0.6) is 0 Å². The van der Waals surface area contributed by atoms with Crippen LogP contribution in [0.3, 0.4) is 0 Å². The van der Waals surface area contributed by atoms with Gasteiger partial charge in [-0.25, -0.2) is 4.39 Å². The SMILES string of the molecule is Cc1cc(F)ccc1CC(=O)O. The zero-order valence-corrected chi connectivity index (χ0v) is 6.67. The maximum atomic E-state index is 12.5. The number of carboxylic acids is 1. The summed E-state index contributed by atoms with van der Waals surface area (Å²) in [5, 5.41) is 8.47. The Labute approximate surface area is 69.6 Å². The van der Waals surface area contributed by atoms with Gasteiger partial charge in [0.05, 0.1) is 6.42 Å². The van der Waals surface area contributed by atoms with Crippen molar-refractivity contribution >= 4 is 5.97 Å². The first-order valence-electron chi connectivity index (χ1n) is 3.56. The number of carbonyl (C=O) groups is 1. The van der Waals surface area contributed by atoms with E-state index in [1.807, 2.05) is 0 Å². The van der Waals surface area contributed by atoms with Crippen molar-refractivity contribution in [3.05, 3.63) is 35.1 Å². The highest BCUT2D eigenvalue weighted by Crippen LogP contribution is 2.10. The molecule has 0 aliphatic heterocycles. The van der Waals surface area contributed by atoms with Crippen molar-refractivity contribution < 1.29 is 14.3 Å². The standard InChI is InChI=1S/C9H9FO2/c1-6-4-8(10)3-2-7(6)5-9(11)12/h2-4H,5H2,1H3,(H,11,12). The minimum absolute atomic E-state index is 0.0495. The fraction of sp³-hybridized carbons (Fsp3) is 0.222. The van der Waals surface area contributed by atoms with E-state index in [9.17, 15) is 9.18 Å². The molecule has 0 atom stereocenters. The second-order valence-corrected chi connectivity index (χ2v) is 2.64. The number of aliphatic carboxylic acids is 1. The summed E-state index contributed by atoms with van der Waals surface area (Å²) in [5.74, 6) is -1.23. The van der Waals surface area contributed by atoms with E-state index in [4.69, 9.17) is 5.11 Å². The highest BCUT2D eigenvalue weighted by molar-refractivity contribution is 5.70. The van der Waals surface area contributed by atoms with Crippen molar-refractivity contribution in [2.24, 2.45) is 0 Å². The second-order valence-electron chi connectivity index (χ2n) is 2.64. The Morgan fingerprint density at radius 3 is 2.75 bits per heavy atom. The number of halogens is 1. The molecule has 3 heteroatoms. The molecular formula is C9H9FO2. The zero-order chi connectivity index (χ0) is 9.14. The lowest BCUT2D eigenvalue weighted by Crippen LogP contribution is -2.01. The van der Waals surface area contributed by atoms with E-state index in [-0.39, 0.29) is 12.2 Å². The van der Waals surface area contributed by atoms with Crippen molar-refractivity contribution in [2.45, 2.75) is 13.3 Å². The van der Waals surface area contributed by atoms with Crippen LogP contribution in [0.1, 0.15) is 11.1 Å². The highest BCUT2D eigenvalue weighted by atomic mass is 19.1. The molecule has 2 nitrogen and oxygen atoms in total. The van der Waals surface area contributed by atoms with Crippen LogP contribution in [0.4, 0.5) is 4.39 Å². The van der Waals surface area contributed by atoms with Gasteiger partial charge in [0.2, 0.25) is 0 Å². The van der Waals surface area contributed by atoms with Crippen LogP contribution >= 0.6 is 0 Å². The molecule has 0 spiro atoms. The number of hydrogen-bond donors (Lipinski definition) is 1. The molecule has 1 aromatic rings. The van der Waals surface area contributed by atoms with Gasteiger partial charge in [-0.2, -0.15) is 0 Å². The minimum atomic E-state index is -0.898. The van der Waals surface area contributed by atoms with E-state index in [0.717, 1.165) is 0 Å². The van der Waals surface area contributed by atoms with Crippen molar-refractivity contribution in [2.75, 3.05) is 0 Å². The van der Waals surface area contributed by atoms with Crippen LogP contribution in [0.2, 0.25) is 0 Å². The third-order valence-corrected chi connectivity index (χ3v) is 1.65. The maximum Gasteiger partial charge on any atom is 0.307 e. The van der Waals surface area contributed by atoms with E-state index in [1.54, 1.807) is 6.92 Å². The van der Waals surface area contributed by atoms with Crippen molar-refractivity contribution in [1.29, 1.82) is 0 Å². The van der Waals surface area contributed by atoms with Crippen LogP contribution in [-0.4, -0.2) is 11.1 Å². The lowest BCUT2D eigenvalue weighted by atomic mass is 10.1. The van der Waals surface area contributed by atoms with Crippen molar-refractivity contribution in [1.82, 2.24) is 0 Å². The Kier molecular flexibility index (Phi) is 2.43. The molecule has 12 heavy (non-hydrogen) atoms. The summed E-state index contributed by atoms with van der Waals surface area (Å²) in [6, 6.07) is 4.10. The summed E-state index contributed by atoms with van der Waals surface area (Å²) in [7, 11) is 0. The molecule has 0 aromatic heterocycles. The first kappa shape index (κ1) is 8.71. The fourth-order valence-electron chi connectivity index (χ4n) is 1.02. The van der Waals surface area contributed by atoms with Gasteiger partial charge in [-0.3, -0.25) is 4.79 Å². The normalized spacial score (nSPS) is 9.83. The van der Waals surface area contributed by atoms with Gasteiger partial charge in [-0.05, 0) is 30.2 Å². The van der Waals surface area contributed by atoms with E-state index >= 15 is 0 Å². The first-order chi connectivity index (χ1) is 5.59. The Morgan fingerprint density at radius 1 is 1.58 bits per heavy atom. The lowest BCUT2D eigenvalue weighted by molar-refractivity contribution is -0.136. The molecule has 0 saturated carbocycles. The molecule has 0 heterocycles. The molecule has 0 fully saturated rings. The van der Waals surface area contributed by atoms with Crippen LogP contribution in [0.25, 0.3) is 0 Å². The summed E-state index contributed by atoms with van der Waals surface area (Å²) in [5.41, 5.74) is 1.33. The number of aryl methyl sites for hydroxylation is 1. The molecular weight excluding hydrogens is 159 g/mol. The predicted molar refractivity (Wildman–Crippen MR) is 42.5 cm³/mol. The predicted octanol–water partition coefficient (Wildman–Crippen LogP) is 1.76. The first-order valence-corrected chi connectivity index (χ1v) is 3.56. The molecule has 64 valence electrons. The molecule has 1 aromatic carbocycles. The third-order valence-electron chi connectivity index (χ3n) is 1.65. The topological polar surface area (TPSA) is 37.3 Å². The summed E-state index contributed by atoms with van der Waals surface area (Å²) in [6.45, 7) is 1.70. The Hall–Kier alpha value is -1.38. The summed E-state index contributed by atoms with van der Waals surface area (Å²) in [6.07, 6.45) is -0.0495. The highest BCUT2D eigenvalue weighted by Gasteiger charge is 2.03. The van der Waals surface area contributed by atoms with Crippen LogP contribution in [0.15, 0.2) is 18.2 Å². The summed E-state index contributed by atoms with van der Waals surface area (Å²) in [4.78, 5) is 10.3. The number of rotatable bonds is 2. The van der Waals surface area contributed by atoms with Gasteiger partial charge in [0.25, 0.3) is 0 Å². The van der Waals surface area contributed by atoms with Gasteiger partial charge in [0.15, 0.2) is 0 Å². The van der Waals surface area contributed by atoms with Crippen molar-refractivity contribution in [3.8, 4) is 0 Å². The molecule has 0 unspecified atom stereocenters. The van der Waals surface area contributed by atoms with Gasteiger partial charge in [-0.15, -0.1) is 0 Å². The summed E-state index contributed by atoms with van der Waals surface area (Å²) >= 11 is 0. The monoisotopic (exact) mass is 168 g/mol. The number of carboxylic acid groups (broad SMARTS) is 1. The average Bonchev–Trinajstić information content (AvgIpc) is 1.94. The number of hydrogen-bond acceptors (Lipinski definition) is 1. The smallest absolute Gasteiger partial charge is 0.307 e. The largest absolute Gasteiger partial charge is 0.481 e. The maximum absolute atomic E-state index is 12.5. The second kappa shape index (κ2) is 3.34. The van der Waals surface area contributed by atoms with Crippen molar-refractivity contribution in [3.63, 3.8) is 0 Å². The lowest BCUT2D eigenvalue weighted by Gasteiger charge is -2.01. The van der Waals surface area contributed by atoms with Crippen LogP contribution in [-0.2, 0) is 11.2 Å². The van der Waals surface area contributed by atoms with E-state index < -0.39 is 5.97 Å². The molecule has 1 rings (SSSR count). The number of benzene rings is 1. The molecule has 0 bridgehead atoms. The third kappa shape index (κ3) is 2.05. The molecule has 1 N–H and O–H groups in total. The van der Waals surface area contributed by atoms with Gasteiger partial charge >= 0.3 is 5.97 Å². The zero-order valence-electron chi connectivity index (χ0n) is 6.67. The van der Waals surface area contributed by atoms with Gasteiger partial charge < -0.3 is 5.11 Å². The fourth-order valence-corrected chi connectivity index (χ4v) is 1.02. The minimum Gasteiger partial charge on any atom is -0.481 e. The van der Waals surface area contributed by atoms with E-state index in [2.05, 4.69) is 0 Å². The molecule has 0 radical (unpaired) electrons. The quantitative estimate of drug-likeness (QED) is 0.730. The van der Waals surface area contributed by atoms with E-state index in [0.29, 0.717) is 11.1 Å². The molecule has 0 amide bonds. The van der Waals surface area contributed by atoms with E-state index in [1.165, 1.54) is 18.2 Å². The molecule has 0 saturated heterocycles. The van der Waals surface area contributed by atoms with Crippen LogP contribution in [0, 0.1) is 12.7 Å². The average molecular weight is 168 g/mol. The van der Waals surface area contributed by atoms with Gasteiger partial charge in [0.1, 0.15) is 5.82 Å². The molecule has 0 aliphatic rings.